The van der Waals surface area contributed by atoms with Crippen molar-refractivity contribution >= 4 is 17.5 Å². The molecule has 5 rings (SSSR count). The van der Waals surface area contributed by atoms with Crippen molar-refractivity contribution in [2.45, 2.75) is 52.5 Å². The topological polar surface area (TPSA) is 140 Å². The predicted molar refractivity (Wildman–Crippen MR) is 193 cm³/mol. The molecule has 0 bridgehead atoms. The number of aromatic nitrogens is 1. The normalized spacial score (nSPS) is 13.0. The van der Waals surface area contributed by atoms with Gasteiger partial charge >= 0.3 is 0 Å². The van der Waals surface area contributed by atoms with Gasteiger partial charge in [-0.2, -0.15) is 5.26 Å². The third kappa shape index (κ3) is 9.38. The first-order chi connectivity index (χ1) is 24.3. The molecule has 262 valence electrons. The summed E-state index contributed by atoms with van der Waals surface area (Å²) in [5, 5.41) is 34.9. The van der Waals surface area contributed by atoms with Crippen molar-refractivity contribution in [2.24, 2.45) is 0 Å². The molecule has 4 aromatic rings. The number of rotatable bonds is 16. The van der Waals surface area contributed by atoms with Gasteiger partial charge in [-0.05, 0) is 85.8 Å². The Hall–Kier alpha value is -4.50. The second kappa shape index (κ2) is 17.9. The smallest absolute Gasteiger partial charge is 0.251 e. The number of likely N-dealkylation sites (tertiary alicyclic amines) is 1. The van der Waals surface area contributed by atoms with E-state index in [1.165, 1.54) is 19.0 Å². The van der Waals surface area contributed by atoms with Crippen LogP contribution in [-0.4, -0.2) is 71.4 Å². The molecule has 0 spiro atoms. The molecule has 1 saturated heterocycles. The lowest BCUT2D eigenvalue weighted by Crippen LogP contribution is -2.35. The predicted octanol–water partition coefficient (Wildman–Crippen LogP) is 5.32. The molecule has 1 fully saturated rings. The number of aliphatic hydroxyl groups is 2. The van der Waals surface area contributed by atoms with Gasteiger partial charge in [0.05, 0.1) is 29.8 Å². The zero-order valence-electron chi connectivity index (χ0n) is 28.5. The fourth-order valence-electron chi connectivity index (χ4n) is 6.08. The van der Waals surface area contributed by atoms with Gasteiger partial charge in [0.25, 0.3) is 5.91 Å². The van der Waals surface area contributed by atoms with E-state index in [-0.39, 0.29) is 38.9 Å². The molecule has 50 heavy (non-hydrogen) atoms. The summed E-state index contributed by atoms with van der Waals surface area (Å²) in [4.78, 5) is 19.7. The van der Waals surface area contributed by atoms with Crippen molar-refractivity contribution in [3.05, 3.63) is 111 Å². The van der Waals surface area contributed by atoms with E-state index in [2.05, 4.69) is 32.7 Å². The van der Waals surface area contributed by atoms with Gasteiger partial charge in [0.1, 0.15) is 30.8 Å². The van der Waals surface area contributed by atoms with Crippen LogP contribution in [0.25, 0.3) is 11.1 Å². The second-order valence-electron chi connectivity index (χ2n) is 12.5. The number of hydrogen-bond donors (Lipinski definition) is 4. The molecule has 0 saturated carbocycles. The summed E-state index contributed by atoms with van der Waals surface area (Å²) in [6.07, 6.45) is 5.57. The van der Waals surface area contributed by atoms with E-state index in [1.54, 1.807) is 24.4 Å². The summed E-state index contributed by atoms with van der Waals surface area (Å²) in [7, 11) is 0. The summed E-state index contributed by atoms with van der Waals surface area (Å²) in [5.41, 5.74) is 7.42. The van der Waals surface area contributed by atoms with Crippen molar-refractivity contribution in [1.82, 2.24) is 20.5 Å². The Labute approximate surface area is 298 Å². The number of hydrogen-bond acceptors (Lipinski definition) is 9. The van der Waals surface area contributed by atoms with Crippen LogP contribution in [0.5, 0.6) is 11.5 Å². The van der Waals surface area contributed by atoms with Crippen LogP contribution in [-0.2, 0) is 19.8 Å². The molecule has 10 nitrogen and oxygen atoms in total. The first kappa shape index (κ1) is 36.8. The van der Waals surface area contributed by atoms with E-state index < -0.39 is 6.04 Å². The van der Waals surface area contributed by atoms with Gasteiger partial charge in [-0.1, -0.05) is 41.9 Å². The quantitative estimate of drug-likeness (QED) is 0.123. The molecule has 1 aromatic heterocycles. The van der Waals surface area contributed by atoms with Crippen molar-refractivity contribution in [1.29, 1.82) is 5.26 Å². The number of nitriles is 1. The SMILES string of the molecule is Cc1c(COc2cc(OCc3cncc(C#N)c3)c(CNC(CO)CO)cc2Cl)cccc1-c1cccc(C(=O)NCCN2CCCC2)c1C. The van der Waals surface area contributed by atoms with Crippen LogP contribution in [0, 0.1) is 25.2 Å². The van der Waals surface area contributed by atoms with E-state index in [4.69, 9.17) is 21.1 Å². The van der Waals surface area contributed by atoms with Crippen molar-refractivity contribution < 1.29 is 24.5 Å². The highest BCUT2D eigenvalue weighted by atomic mass is 35.5. The monoisotopic (exact) mass is 697 g/mol. The Morgan fingerprint density at radius 2 is 1.68 bits per heavy atom. The molecule has 2 heterocycles. The summed E-state index contributed by atoms with van der Waals surface area (Å²) < 4.78 is 12.5. The first-order valence-electron chi connectivity index (χ1n) is 16.9. The zero-order chi connectivity index (χ0) is 35.5. The number of halogens is 1. The summed E-state index contributed by atoms with van der Waals surface area (Å²) in [6.45, 7) is 7.91. The lowest BCUT2D eigenvalue weighted by atomic mass is 9.91. The zero-order valence-corrected chi connectivity index (χ0v) is 29.3. The molecular weight excluding hydrogens is 654 g/mol. The number of amides is 1. The molecule has 1 aliphatic heterocycles. The van der Waals surface area contributed by atoms with E-state index >= 15 is 0 Å². The molecule has 4 N–H and O–H groups in total. The van der Waals surface area contributed by atoms with Crippen molar-refractivity contribution in [3.63, 3.8) is 0 Å². The molecule has 3 aromatic carbocycles. The number of carbonyl (C=O) groups is 1. The molecular formula is C39H44ClN5O5. The van der Waals surface area contributed by atoms with Crippen LogP contribution in [0.2, 0.25) is 5.02 Å². The summed E-state index contributed by atoms with van der Waals surface area (Å²) in [6, 6.07) is 18.6. The highest BCUT2D eigenvalue weighted by Crippen LogP contribution is 2.35. The molecule has 0 radical (unpaired) electrons. The standard InChI is InChI=1S/C39H44ClN5O5/c1-26-30(7-5-8-33(26)34-9-6-10-35(27(34)2)39(48)43-11-14-45-12-3-4-13-45)25-50-38-17-37(49-24-29-15-28(18-41)19-42-20-29)31(16-36(38)40)21-44-32(22-46)23-47/h5-10,15-17,19-20,32,44,46-47H,3-4,11-14,21-25H2,1-2H3,(H,43,48). The average Bonchev–Trinajstić information content (AvgIpc) is 3.65. The van der Waals surface area contributed by atoms with Crippen LogP contribution in [0.4, 0.5) is 0 Å². The van der Waals surface area contributed by atoms with Crippen LogP contribution in [0.15, 0.2) is 67.0 Å². The Kier molecular flexibility index (Phi) is 13.2. The third-order valence-corrected chi connectivity index (χ3v) is 9.36. The maximum absolute atomic E-state index is 13.2. The van der Waals surface area contributed by atoms with Gasteiger partial charge in [0, 0.05) is 54.8 Å². The lowest BCUT2D eigenvalue weighted by molar-refractivity contribution is 0.0949. The van der Waals surface area contributed by atoms with Gasteiger partial charge in [-0.3, -0.25) is 9.78 Å². The van der Waals surface area contributed by atoms with Gasteiger partial charge in [0.15, 0.2) is 0 Å². The van der Waals surface area contributed by atoms with Crippen LogP contribution in [0.1, 0.15) is 56.6 Å². The Balaban J connectivity index is 1.33. The van der Waals surface area contributed by atoms with Crippen LogP contribution in [0.3, 0.4) is 0 Å². The molecule has 0 unspecified atom stereocenters. The largest absolute Gasteiger partial charge is 0.488 e. The van der Waals surface area contributed by atoms with E-state index in [1.807, 2.05) is 44.2 Å². The highest BCUT2D eigenvalue weighted by Gasteiger charge is 2.18. The Morgan fingerprint density at radius 3 is 2.42 bits per heavy atom. The summed E-state index contributed by atoms with van der Waals surface area (Å²) >= 11 is 6.72. The van der Waals surface area contributed by atoms with E-state index in [0.29, 0.717) is 39.8 Å². The van der Waals surface area contributed by atoms with Gasteiger partial charge < -0.3 is 35.2 Å². The lowest BCUT2D eigenvalue weighted by Gasteiger charge is -2.19. The Morgan fingerprint density at radius 1 is 0.960 bits per heavy atom. The first-order valence-corrected chi connectivity index (χ1v) is 17.2. The maximum Gasteiger partial charge on any atom is 0.251 e. The average molecular weight is 698 g/mol. The van der Waals surface area contributed by atoms with Gasteiger partial charge in [0.2, 0.25) is 0 Å². The minimum atomic E-state index is -0.511. The van der Waals surface area contributed by atoms with Gasteiger partial charge in [-0.25, -0.2) is 0 Å². The van der Waals surface area contributed by atoms with E-state index in [9.17, 15) is 20.3 Å². The second-order valence-corrected chi connectivity index (χ2v) is 12.9. The van der Waals surface area contributed by atoms with Crippen LogP contribution < -0.4 is 20.1 Å². The number of ether oxygens (including phenoxy) is 2. The third-order valence-electron chi connectivity index (χ3n) is 9.07. The van der Waals surface area contributed by atoms with E-state index in [0.717, 1.165) is 53.0 Å². The highest BCUT2D eigenvalue weighted by molar-refractivity contribution is 6.32. The number of benzene rings is 3. The number of aliphatic hydroxyl groups excluding tert-OH is 2. The van der Waals surface area contributed by atoms with Gasteiger partial charge in [-0.15, -0.1) is 0 Å². The molecule has 1 aliphatic rings. The molecule has 11 heteroatoms. The number of pyridine rings is 1. The minimum absolute atomic E-state index is 0.0655. The van der Waals surface area contributed by atoms with Crippen LogP contribution >= 0.6 is 11.6 Å². The Bertz CT molecular complexity index is 1820. The molecule has 0 atom stereocenters. The number of carbonyl (C=O) groups excluding carboxylic acids is 1. The van der Waals surface area contributed by atoms with Crippen molar-refractivity contribution in [2.75, 3.05) is 39.4 Å². The molecule has 1 amide bonds. The number of nitrogens with one attached hydrogen (secondary N) is 2. The molecule has 0 aliphatic carbocycles. The fourth-order valence-corrected chi connectivity index (χ4v) is 6.32. The fraction of sp³-hybridized carbons (Fsp3) is 0.359. The number of nitrogens with zero attached hydrogens (tertiary/aromatic N) is 3. The minimum Gasteiger partial charge on any atom is -0.488 e. The van der Waals surface area contributed by atoms with Crippen molar-refractivity contribution in [3.8, 4) is 28.7 Å². The maximum atomic E-state index is 13.2. The summed E-state index contributed by atoms with van der Waals surface area (Å²) in [5.74, 6) is 0.846.